The van der Waals surface area contributed by atoms with Gasteiger partial charge in [0.15, 0.2) is 5.82 Å². The molecule has 0 aliphatic rings. The van der Waals surface area contributed by atoms with E-state index in [1.807, 2.05) is 18.2 Å². The molecule has 2 heterocycles. The first-order valence-electron chi connectivity index (χ1n) is 15.1. The first kappa shape index (κ1) is 32.4. The zero-order chi connectivity index (χ0) is 30.4. The van der Waals surface area contributed by atoms with E-state index in [1.54, 1.807) is 21.6 Å². The van der Waals surface area contributed by atoms with Crippen LogP contribution in [-0.4, -0.2) is 37.7 Å². The SMILES string of the molecule is C#CCCC(=O)CCCSSCCCC(=O)NCc1ccc(Cn2c(CCCC)nc3c(N)nc4ccccc4c32)cc1. The highest BCUT2D eigenvalue weighted by molar-refractivity contribution is 8.76. The van der Waals surface area contributed by atoms with Gasteiger partial charge in [-0.2, -0.15) is 0 Å². The van der Waals surface area contributed by atoms with E-state index in [9.17, 15) is 9.59 Å². The van der Waals surface area contributed by atoms with E-state index in [0.717, 1.165) is 82.5 Å². The van der Waals surface area contributed by atoms with E-state index in [4.69, 9.17) is 17.1 Å². The van der Waals surface area contributed by atoms with E-state index in [2.05, 4.69) is 58.0 Å². The molecule has 43 heavy (non-hydrogen) atoms. The lowest BCUT2D eigenvalue weighted by Crippen LogP contribution is -2.22. The van der Waals surface area contributed by atoms with Crippen LogP contribution in [0.5, 0.6) is 0 Å². The second kappa shape index (κ2) is 17.0. The van der Waals surface area contributed by atoms with Crippen LogP contribution in [0.2, 0.25) is 0 Å². The van der Waals surface area contributed by atoms with E-state index >= 15 is 0 Å². The molecule has 0 spiro atoms. The highest BCUT2D eigenvalue weighted by Crippen LogP contribution is 2.30. The molecule has 0 bridgehead atoms. The molecule has 2 aromatic carbocycles. The molecule has 2 aromatic heterocycles. The Balaban J connectivity index is 1.25. The summed E-state index contributed by atoms with van der Waals surface area (Å²) in [6, 6.07) is 16.5. The highest BCUT2D eigenvalue weighted by Gasteiger charge is 2.17. The number of pyridine rings is 1. The Bertz CT molecular complexity index is 1560. The summed E-state index contributed by atoms with van der Waals surface area (Å²) < 4.78 is 2.29. The van der Waals surface area contributed by atoms with Crippen molar-refractivity contribution in [2.45, 2.75) is 77.8 Å². The maximum atomic E-state index is 12.4. The molecule has 0 atom stereocenters. The van der Waals surface area contributed by atoms with Crippen LogP contribution in [0.4, 0.5) is 5.82 Å². The number of Topliss-reactive ketones (excluding diaryl/α,β-unsaturated/α-hetero) is 1. The number of nitrogen functional groups attached to an aromatic ring is 1. The number of imidazole rings is 1. The lowest BCUT2D eigenvalue weighted by atomic mass is 10.1. The molecule has 4 rings (SSSR count). The van der Waals surface area contributed by atoms with E-state index in [1.165, 1.54) is 0 Å². The number of para-hydroxylation sites is 1. The van der Waals surface area contributed by atoms with Gasteiger partial charge in [-0.05, 0) is 36.5 Å². The number of benzene rings is 2. The highest BCUT2D eigenvalue weighted by atomic mass is 33.1. The number of hydrogen-bond donors (Lipinski definition) is 2. The van der Waals surface area contributed by atoms with Crippen LogP contribution >= 0.6 is 21.6 Å². The minimum atomic E-state index is 0.0670. The summed E-state index contributed by atoms with van der Waals surface area (Å²) >= 11 is 0. The fraction of sp³-hybridized carbons (Fsp3) is 0.412. The number of hydrogen-bond acceptors (Lipinski definition) is 7. The van der Waals surface area contributed by atoms with Gasteiger partial charge in [-0.15, -0.1) is 12.3 Å². The van der Waals surface area contributed by atoms with Crippen molar-refractivity contribution in [2.75, 3.05) is 17.2 Å². The van der Waals surface area contributed by atoms with Gasteiger partial charge in [-0.1, -0.05) is 77.4 Å². The molecule has 4 aromatic rings. The number of nitrogens with two attached hydrogens (primary N) is 1. The summed E-state index contributed by atoms with van der Waals surface area (Å²) in [6.07, 6.45) is 12.1. The molecule has 0 radical (unpaired) electrons. The van der Waals surface area contributed by atoms with E-state index in [-0.39, 0.29) is 11.7 Å². The number of nitrogens with zero attached hydrogens (tertiary/aromatic N) is 3. The zero-order valence-electron chi connectivity index (χ0n) is 24.9. The molecule has 9 heteroatoms. The normalized spacial score (nSPS) is 11.2. The van der Waals surface area contributed by atoms with Gasteiger partial charge in [0, 0.05) is 62.1 Å². The number of aryl methyl sites for hydroxylation is 1. The van der Waals surface area contributed by atoms with Crippen LogP contribution in [0.15, 0.2) is 48.5 Å². The quantitative estimate of drug-likeness (QED) is 0.0699. The minimum Gasteiger partial charge on any atom is -0.382 e. The molecule has 7 nitrogen and oxygen atoms in total. The van der Waals surface area contributed by atoms with Crippen molar-refractivity contribution in [3.63, 3.8) is 0 Å². The molecular weight excluding hydrogens is 575 g/mol. The maximum Gasteiger partial charge on any atom is 0.220 e. The van der Waals surface area contributed by atoms with Gasteiger partial charge in [-0.25, -0.2) is 9.97 Å². The maximum absolute atomic E-state index is 12.4. The molecule has 1 amide bonds. The van der Waals surface area contributed by atoms with Crippen LogP contribution < -0.4 is 11.1 Å². The number of unbranched alkanes of at least 4 members (excludes halogenated alkanes) is 1. The smallest absolute Gasteiger partial charge is 0.220 e. The molecule has 0 fully saturated rings. The van der Waals surface area contributed by atoms with Crippen molar-refractivity contribution in [3.8, 4) is 12.3 Å². The number of nitrogens with one attached hydrogen (secondary N) is 1. The van der Waals surface area contributed by atoms with Gasteiger partial charge in [0.1, 0.15) is 17.1 Å². The number of carbonyl (C=O) groups excluding carboxylic acids is 2. The van der Waals surface area contributed by atoms with Crippen molar-refractivity contribution >= 4 is 61.0 Å². The van der Waals surface area contributed by atoms with Crippen molar-refractivity contribution in [3.05, 3.63) is 65.5 Å². The van der Waals surface area contributed by atoms with Gasteiger partial charge >= 0.3 is 0 Å². The predicted octanol–water partition coefficient (Wildman–Crippen LogP) is 7.10. The number of ketones is 1. The molecular formula is C34H41N5O2S2. The second-order valence-electron chi connectivity index (χ2n) is 10.6. The van der Waals surface area contributed by atoms with Crippen LogP contribution in [0.3, 0.4) is 0 Å². The largest absolute Gasteiger partial charge is 0.382 e. The zero-order valence-corrected chi connectivity index (χ0v) is 26.6. The molecule has 0 saturated heterocycles. The van der Waals surface area contributed by atoms with Crippen LogP contribution in [0.25, 0.3) is 21.9 Å². The topological polar surface area (TPSA) is 103 Å². The Morgan fingerprint density at radius 2 is 1.67 bits per heavy atom. The fourth-order valence-electron chi connectivity index (χ4n) is 4.91. The summed E-state index contributed by atoms with van der Waals surface area (Å²) in [5, 5.41) is 4.10. The lowest BCUT2D eigenvalue weighted by molar-refractivity contribution is -0.121. The predicted molar refractivity (Wildman–Crippen MR) is 182 cm³/mol. The third kappa shape index (κ3) is 9.50. The number of fused-ring (bicyclic) bond motifs is 3. The average molecular weight is 616 g/mol. The summed E-state index contributed by atoms with van der Waals surface area (Å²) in [6.45, 7) is 3.39. The summed E-state index contributed by atoms with van der Waals surface area (Å²) in [4.78, 5) is 33.5. The third-order valence-electron chi connectivity index (χ3n) is 7.24. The van der Waals surface area contributed by atoms with Gasteiger partial charge in [0.2, 0.25) is 5.91 Å². The van der Waals surface area contributed by atoms with E-state index < -0.39 is 0 Å². The van der Waals surface area contributed by atoms with Gasteiger partial charge in [0.05, 0.1) is 11.0 Å². The van der Waals surface area contributed by atoms with Crippen LogP contribution in [-0.2, 0) is 29.1 Å². The lowest BCUT2D eigenvalue weighted by Gasteiger charge is -2.12. The van der Waals surface area contributed by atoms with Crippen molar-refractivity contribution in [2.24, 2.45) is 0 Å². The van der Waals surface area contributed by atoms with Gasteiger partial charge in [0.25, 0.3) is 0 Å². The summed E-state index contributed by atoms with van der Waals surface area (Å²) in [5.74, 6) is 6.17. The Labute approximate surface area is 262 Å². The molecule has 0 aliphatic heterocycles. The molecule has 0 aliphatic carbocycles. The number of anilines is 1. The molecule has 226 valence electrons. The Morgan fingerprint density at radius 1 is 0.953 bits per heavy atom. The number of amides is 1. The van der Waals surface area contributed by atoms with Crippen molar-refractivity contribution < 1.29 is 9.59 Å². The van der Waals surface area contributed by atoms with Crippen LogP contribution in [0, 0.1) is 12.3 Å². The van der Waals surface area contributed by atoms with Crippen molar-refractivity contribution in [1.29, 1.82) is 0 Å². The molecule has 0 unspecified atom stereocenters. The number of rotatable bonds is 18. The molecule has 3 N–H and O–H groups in total. The number of carbonyl (C=O) groups is 2. The van der Waals surface area contributed by atoms with E-state index in [0.29, 0.717) is 44.6 Å². The summed E-state index contributed by atoms with van der Waals surface area (Å²) in [7, 11) is 3.53. The first-order chi connectivity index (χ1) is 21.0. The first-order valence-corrected chi connectivity index (χ1v) is 17.6. The Morgan fingerprint density at radius 3 is 2.42 bits per heavy atom. The number of aromatic nitrogens is 3. The standard InChI is InChI=1S/C34H41N5O2S2/c1-3-5-11-27(40)12-9-21-42-43-22-10-16-31(41)36-23-25-17-19-26(20-18-25)24-39-30(15-6-4-2)38-32-33(39)28-13-7-8-14-29(28)37-34(32)35/h1,7-8,13-14,17-20H,4-6,9-12,15-16,21-24H2,2H3,(H2,35,37)(H,36,41). The average Bonchev–Trinajstić information content (AvgIpc) is 3.38. The summed E-state index contributed by atoms with van der Waals surface area (Å²) in [5.41, 5.74) is 11.3. The Kier molecular flexibility index (Phi) is 12.8. The molecule has 0 saturated carbocycles. The third-order valence-corrected chi connectivity index (χ3v) is 9.82. The van der Waals surface area contributed by atoms with Gasteiger partial charge in [-0.3, -0.25) is 9.59 Å². The number of terminal acetylenes is 1. The van der Waals surface area contributed by atoms with Gasteiger partial charge < -0.3 is 15.6 Å². The second-order valence-corrected chi connectivity index (χ2v) is 13.3. The monoisotopic (exact) mass is 615 g/mol. The Hall–Kier alpha value is -3.48. The fourth-order valence-corrected chi connectivity index (χ4v) is 7.08. The van der Waals surface area contributed by atoms with Crippen molar-refractivity contribution in [1.82, 2.24) is 19.9 Å². The van der Waals surface area contributed by atoms with Crippen LogP contribution in [0.1, 0.15) is 75.2 Å². The minimum absolute atomic E-state index is 0.0670.